The number of carbonyl (C=O) groups is 1. The Kier molecular flexibility index (Phi) is 5.23. The zero-order valence-corrected chi connectivity index (χ0v) is 12.1. The topological polar surface area (TPSA) is 41.1 Å². The van der Waals surface area contributed by atoms with Gasteiger partial charge < -0.3 is 10.6 Å². The van der Waals surface area contributed by atoms with Crippen molar-refractivity contribution < 1.29 is 4.79 Å². The summed E-state index contributed by atoms with van der Waals surface area (Å²) < 4.78 is 0. The van der Waals surface area contributed by atoms with E-state index in [0.29, 0.717) is 17.4 Å². The summed E-state index contributed by atoms with van der Waals surface area (Å²) in [5, 5.41) is 6.88. The monoisotopic (exact) mass is 280 g/mol. The molecule has 1 heterocycles. The van der Waals surface area contributed by atoms with E-state index in [1.165, 1.54) is 12.8 Å². The lowest BCUT2D eigenvalue weighted by Gasteiger charge is -2.22. The third-order valence-electron chi connectivity index (χ3n) is 3.72. The van der Waals surface area contributed by atoms with Gasteiger partial charge in [0.05, 0.1) is 10.7 Å². The summed E-state index contributed by atoms with van der Waals surface area (Å²) in [6, 6.07) is 5.65. The Morgan fingerprint density at radius 1 is 1.42 bits per heavy atom. The molecule has 3 nitrogen and oxygen atoms in total. The molecule has 0 spiro atoms. The summed E-state index contributed by atoms with van der Waals surface area (Å²) in [6.07, 6.45) is 3.91. The van der Waals surface area contributed by atoms with Gasteiger partial charge in [-0.05, 0) is 56.8 Å². The number of para-hydroxylation sites is 1. The summed E-state index contributed by atoms with van der Waals surface area (Å²) in [7, 11) is 0. The standard InChI is InChI=1S/C15H21ClN2O/c1-11-3-2-4-13(16)15(11)18-14(19)6-5-12-7-9-17-10-8-12/h2-4,12,17H,5-10H2,1H3,(H,18,19). The highest BCUT2D eigenvalue weighted by Crippen LogP contribution is 2.26. The number of aryl methyl sites for hydroxylation is 1. The number of anilines is 1. The largest absolute Gasteiger partial charge is 0.325 e. The fraction of sp³-hybridized carbons (Fsp3) is 0.533. The van der Waals surface area contributed by atoms with Crippen molar-refractivity contribution in [1.29, 1.82) is 0 Å². The Bertz CT molecular complexity index is 422. The van der Waals surface area contributed by atoms with Crippen LogP contribution in [0.15, 0.2) is 18.2 Å². The lowest BCUT2D eigenvalue weighted by Crippen LogP contribution is -2.28. The zero-order valence-electron chi connectivity index (χ0n) is 11.3. The maximum Gasteiger partial charge on any atom is 0.224 e. The summed E-state index contributed by atoms with van der Waals surface area (Å²) in [6.45, 7) is 4.11. The molecule has 0 radical (unpaired) electrons. The van der Waals surface area contributed by atoms with Gasteiger partial charge in [0, 0.05) is 6.42 Å². The molecule has 0 aromatic heterocycles. The van der Waals surface area contributed by atoms with Gasteiger partial charge >= 0.3 is 0 Å². The van der Waals surface area contributed by atoms with Gasteiger partial charge in [0.15, 0.2) is 0 Å². The van der Waals surface area contributed by atoms with Crippen LogP contribution < -0.4 is 10.6 Å². The highest BCUT2D eigenvalue weighted by Gasteiger charge is 2.15. The molecule has 0 bridgehead atoms. The lowest BCUT2D eigenvalue weighted by atomic mass is 9.93. The van der Waals surface area contributed by atoms with E-state index in [1.54, 1.807) is 6.07 Å². The number of nitrogens with one attached hydrogen (secondary N) is 2. The number of amides is 1. The fourth-order valence-electron chi connectivity index (χ4n) is 2.50. The first-order chi connectivity index (χ1) is 9.16. The van der Waals surface area contributed by atoms with Crippen molar-refractivity contribution in [3.63, 3.8) is 0 Å². The van der Waals surface area contributed by atoms with E-state index in [9.17, 15) is 4.79 Å². The summed E-state index contributed by atoms with van der Waals surface area (Å²) in [4.78, 5) is 12.0. The minimum absolute atomic E-state index is 0.0646. The molecule has 1 aromatic carbocycles. The van der Waals surface area contributed by atoms with Crippen molar-refractivity contribution in [2.45, 2.75) is 32.6 Å². The van der Waals surface area contributed by atoms with Crippen molar-refractivity contribution in [1.82, 2.24) is 5.32 Å². The number of rotatable bonds is 4. The average Bonchev–Trinajstić information content (AvgIpc) is 2.42. The summed E-state index contributed by atoms with van der Waals surface area (Å²) in [5.74, 6) is 0.745. The Balaban J connectivity index is 1.83. The van der Waals surface area contributed by atoms with Crippen LogP contribution in [-0.2, 0) is 4.79 Å². The molecule has 2 N–H and O–H groups in total. The van der Waals surface area contributed by atoms with Gasteiger partial charge in [-0.25, -0.2) is 0 Å². The minimum Gasteiger partial charge on any atom is -0.325 e. The van der Waals surface area contributed by atoms with Crippen molar-refractivity contribution in [2.75, 3.05) is 18.4 Å². The molecule has 0 unspecified atom stereocenters. The SMILES string of the molecule is Cc1cccc(Cl)c1NC(=O)CCC1CCNCC1. The van der Waals surface area contributed by atoms with Crippen LogP contribution in [0.2, 0.25) is 5.02 Å². The van der Waals surface area contributed by atoms with E-state index in [-0.39, 0.29) is 5.91 Å². The van der Waals surface area contributed by atoms with Crippen LogP contribution in [0.25, 0.3) is 0 Å². The quantitative estimate of drug-likeness (QED) is 0.888. The number of hydrogen-bond donors (Lipinski definition) is 2. The second kappa shape index (κ2) is 6.92. The van der Waals surface area contributed by atoms with E-state index in [2.05, 4.69) is 10.6 Å². The van der Waals surface area contributed by atoms with Crippen LogP contribution in [0.4, 0.5) is 5.69 Å². The second-order valence-electron chi connectivity index (χ2n) is 5.21. The van der Waals surface area contributed by atoms with Gasteiger partial charge in [0.1, 0.15) is 0 Å². The first kappa shape index (κ1) is 14.4. The number of carbonyl (C=O) groups excluding carboxylic acids is 1. The van der Waals surface area contributed by atoms with Gasteiger partial charge in [-0.1, -0.05) is 23.7 Å². The molecule has 1 saturated heterocycles. The Morgan fingerprint density at radius 2 is 2.16 bits per heavy atom. The molecule has 104 valence electrons. The van der Waals surface area contributed by atoms with Crippen LogP contribution >= 0.6 is 11.6 Å². The Morgan fingerprint density at radius 3 is 2.84 bits per heavy atom. The van der Waals surface area contributed by atoms with E-state index in [4.69, 9.17) is 11.6 Å². The Hall–Kier alpha value is -1.06. The predicted molar refractivity (Wildman–Crippen MR) is 79.6 cm³/mol. The van der Waals surface area contributed by atoms with Crippen LogP contribution in [0.5, 0.6) is 0 Å². The predicted octanol–water partition coefficient (Wildman–Crippen LogP) is 3.37. The highest BCUT2D eigenvalue weighted by molar-refractivity contribution is 6.33. The molecule has 0 aliphatic carbocycles. The van der Waals surface area contributed by atoms with E-state index in [0.717, 1.165) is 30.8 Å². The average molecular weight is 281 g/mol. The van der Waals surface area contributed by atoms with Gasteiger partial charge in [-0.15, -0.1) is 0 Å². The van der Waals surface area contributed by atoms with Crippen molar-refractivity contribution in [2.24, 2.45) is 5.92 Å². The zero-order chi connectivity index (χ0) is 13.7. The number of benzene rings is 1. The van der Waals surface area contributed by atoms with Crippen LogP contribution in [0.1, 0.15) is 31.2 Å². The summed E-state index contributed by atoms with van der Waals surface area (Å²) in [5.41, 5.74) is 1.75. The Labute approximate surface area is 119 Å². The van der Waals surface area contributed by atoms with Crippen molar-refractivity contribution in [3.05, 3.63) is 28.8 Å². The molecule has 1 amide bonds. The van der Waals surface area contributed by atoms with E-state index in [1.807, 2.05) is 19.1 Å². The first-order valence-electron chi connectivity index (χ1n) is 6.92. The van der Waals surface area contributed by atoms with Gasteiger partial charge in [-0.3, -0.25) is 4.79 Å². The van der Waals surface area contributed by atoms with Gasteiger partial charge in [0.2, 0.25) is 5.91 Å². The normalized spacial score (nSPS) is 16.3. The molecule has 1 aliphatic heterocycles. The molecular weight excluding hydrogens is 260 g/mol. The molecule has 2 rings (SSSR count). The second-order valence-corrected chi connectivity index (χ2v) is 5.62. The summed E-state index contributed by atoms with van der Waals surface area (Å²) >= 11 is 6.10. The van der Waals surface area contributed by atoms with Gasteiger partial charge in [0.25, 0.3) is 0 Å². The third kappa shape index (κ3) is 4.22. The van der Waals surface area contributed by atoms with Crippen LogP contribution in [-0.4, -0.2) is 19.0 Å². The van der Waals surface area contributed by atoms with E-state index < -0.39 is 0 Å². The molecule has 1 aliphatic rings. The maximum atomic E-state index is 12.0. The molecule has 4 heteroatoms. The van der Waals surface area contributed by atoms with Crippen molar-refractivity contribution in [3.8, 4) is 0 Å². The molecular formula is C15H21ClN2O. The number of piperidine rings is 1. The van der Waals surface area contributed by atoms with Gasteiger partial charge in [-0.2, -0.15) is 0 Å². The molecule has 1 fully saturated rings. The maximum absolute atomic E-state index is 12.0. The first-order valence-corrected chi connectivity index (χ1v) is 7.30. The van der Waals surface area contributed by atoms with Crippen LogP contribution in [0, 0.1) is 12.8 Å². The third-order valence-corrected chi connectivity index (χ3v) is 4.04. The van der Waals surface area contributed by atoms with Crippen molar-refractivity contribution >= 4 is 23.2 Å². The fourth-order valence-corrected chi connectivity index (χ4v) is 2.77. The van der Waals surface area contributed by atoms with Crippen LogP contribution in [0.3, 0.4) is 0 Å². The lowest BCUT2D eigenvalue weighted by molar-refractivity contribution is -0.116. The molecule has 0 saturated carbocycles. The smallest absolute Gasteiger partial charge is 0.224 e. The number of halogens is 1. The number of hydrogen-bond acceptors (Lipinski definition) is 2. The molecule has 0 atom stereocenters. The highest BCUT2D eigenvalue weighted by atomic mass is 35.5. The molecule has 1 aromatic rings. The molecule has 19 heavy (non-hydrogen) atoms. The van der Waals surface area contributed by atoms with E-state index >= 15 is 0 Å². The minimum atomic E-state index is 0.0646.